The van der Waals surface area contributed by atoms with Gasteiger partial charge in [0, 0.05) is 13.1 Å². The molecule has 1 heterocycles. The number of anilines is 1. The van der Waals surface area contributed by atoms with Crippen molar-refractivity contribution in [3.8, 4) is 0 Å². The van der Waals surface area contributed by atoms with Gasteiger partial charge in [-0.1, -0.05) is 25.4 Å². The molecule has 0 spiro atoms. The lowest BCUT2D eigenvalue weighted by molar-refractivity contribution is -0.117. The number of rotatable bonds is 3. The average Bonchev–Trinajstić information content (AvgIpc) is 2.31. The van der Waals surface area contributed by atoms with Crippen LogP contribution in [0.3, 0.4) is 0 Å². The molecule has 1 fully saturated rings. The first kappa shape index (κ1) is 15.3. The molecule has 0 aliphatic carbocycles. The highest BCUT2D eigenvalue weighted by atomic mass is 35.5. The maximum atomic E-state index is 12.9. The molecule has 2 atom stereocenters. The summed E-state index contributed by atoms with van der Waals surface area (Å²) in [5.74, 6) is 0.702. The summed E-state index contributed by atoms with van der Waals surface area (Å²) in [5, 5.41) is 2.96. The molecule has 20 heavy (non-hydrogen) atoms. The van der Waals surface area contributed by atoms with Crippen molar-refractivity contribution in [1.82, 2.24) is 4.90 Å². The van der Waals surface area contributed by atoms with Crippen molar-refractivity contribution in [2.75, 3.05) is 25.0 Å². The fourth-order valence-electron chi connectivity index (χ4n) is 2.90. The summed E-state index contributed by atoms with van der Waals surface area (Å²) < 4.78 is 12.9. The summed E-state index contributed by atoms with van der Waals surface area (Å²) in [5.41, 5.74) is 0.455. The number of carbonyl (C=O) groups excluding carboxylic acids is 1. The first-order chi connectivity index (χ1) is 9.44. The van der Waals surface area contributed by atoms with Crippen LogP contribution in [0.1, 0.15) is 20.3 Å². The minimum Gasteiger partial charge on any atom is -0.324 e. The largest absolute Gasteiger partial charge is 0.324 e. The number of nitrogens with one attached hydrogen (secondary N) is 1. The van der Waals surface area contributed by atoms with Gasteiger partial charge in [-0.25, -0.2) is 4.39 Å². The summed E-state index contributed by atoms with van der Waals surface area (Å²) in [6.45, 7) is 6.64. The van der Waals surface area contributed by atoms with Gasteiger partial charge in [0.15, 0.2) is 0 Å². The smallest absolute Gasteiger partial charge is 0.238 e. The van der Waals surface area contributed by atoms with Crippen molar-refractivity contribution in [3.63, 3.8) is 0 Å². The van der Waals surface area contributed by atoms with E-state index in [2.05, 4.69) is 24.1 Å². The van der Waals surface area contributed by atoms with E-state index in [0.29, 0.717) is 24.1 Å². The molecule has 3 nitrogen and oxygen atoms in total. The second-order valence-electron chi connectivity index (χ2n) is 5.81. The minimum absolute atomic E-state index is 0.111. The molecule has 1 aliphatic heterocycles. The highest BCUT2D eigenvalue weighted by Crippen LogP contribution is 2.23. The van der Waals surface area contributed by atoms with Gasteiger partial charge in [-0.2, -0.15) is 0 Å². The Morgan fingerprint density at radius 3 is 2.65 bits per heavy atom. The van der Waals surface area contributed by atoms with Crippen LogP contribution in [0.5, 0.6) is 0 Å². The van der Waals surface area contributed by atoms with Gasteiger partial charge in [-0.15, -0.1) is 0 Å². The second kappa shape index (κ2) is 6.55. The van der Waals surface area contributed by atoms with E-state index in [4.69, 9.17) is 11.6 Å². The lowest BCUT2D eigenvalue weighted by Gasteiger charge is -2.34. The van der Waals surface area contributed by atoms with Crippen molar-refractivity contribution in [3.05, 3.63) is 29.0 Å². The highest BCUT2D eigenvalue weighted by molar-refractivity contribution is 6.33. The third kappa shape index (κ3) is 4.18. The molecule has 1 aliphatic rings. The zero-order chi connectivity index (χ0) is 14.7. The Kier molecular flexibility index (Phi) is 5.00. The molecule has 1 aromatic carbocycles. The number of benzene rings is 1. The van der Waals surface area contributed by atoms with Gasteiger partial charge in [-0.05, 0) is 36.5 Å². The van der Waals surface area contributed by atoms with E-state index < -0.39 is 5.82 Å². The molecule has 2 rings (SSSR count). The van der Waals surface area contributed by atoms with Crippen LogP contribution in [0.4, 0.5) is 10.1 Å². The quantitative estimate of drug-likeness (QED) is 0.927. The molecule has 1 aromatic rings. The van der Waals surface area contributed by atoms with Crippen molar-refractivity contribution in [1.29, 1.82) is 0 Å². The Hall–Kier alpha value is -1.13. The van der Waals surface area contributed by atoms with E-state index in [1.807, 2.05) is 0 Å². The third-order valence-electron chi connectivity index (χ3n) is 3.52. The average molecular weight is 299 g/mol. The standard InChI is InChI=1S/C15H20ClFN2O/c1-10-5-11(2)8-19(7-10)9-15(20)18-14-4-3-12(17)6-13(14)16/h3-4,6,10-11H,5,7-9H2,1-2H3,(H,18,20)/t10-,11-/m1/s1. The van der Waals surface area contributed by atoms with Crippen LogP contribution >= 0.6 is 11.6 Å². The predicted octanol–water partition coefficient (Wildman–Crippen LogP) is 3.40. The number of hydrogen-bond acceptors (Lipinski definition) is 2. The van der Waals surface area contributed by atoms with Crippen molar-refractivity contribution >= 4 is 23.2 Å². The van der Waals surface area contributed by atoms with Gasteiger partial charge in [0.1, 0.15) is 5.82 Å². The van der Waals surface area contributed by atoms with Gasteiger partial charge < -0.3 is 5.32 Å². The van der Waals surface area contributed by atoms with Crippen LogP contribution in [-0.4, -0.2) is 30.4 Å². The van der Waals surface area contributed by atoms with Crippen molar-refractivity contribution in [2.24, 2.45) is 11.8 Å². The van der Waals surface area contributed by atoms with Crippen LogP contribution < -0.4 is 5.32 Å². The fourth-order valence-corrected chi connectivity index (χ4v) is 3.12. The zero-order valence-corrected chi connectivity index (χ0v) is 12.6. The lowest BCUT2D eigenvalue weighted by Crippen LogP contribution is -2.42. The third-order valence-corrected chi connectivity index (χ3v) is 3.83. The monoisotopic (exact) mass is 298 g/mol. The molecule has 1 N–H and O–H groups in total. The Morgan fingerprint density at radius 1 is 1.40 bits per heavy atom. The zero-order valence-electron chi connectivity index (χ0n) is 11.8. The van der Waals surface area contributed by atoms with E-state index in [1.54, 1.807) is 0 Å². The molecule has 0 aromatic heterocycles. The topological polar surface area (TPSA) is 32.3 Å². The summed E-state index contributed by atoms with van der Waals surface area (Å²) in [6, 6.07) is 3.96. The van der Waals surface area contributed by atoms with Crippen LogP contribution in [0.25, 0.3) is 0 Å². The summed E-state index contributed by atoms with van der Waals surface area (Å²) >= 11 is 5.89. The summed E-state index contributed by atoms with van der Waals surface area (Å²) in [7, 11) is 0. The molecule has 1 saturated heterocycles. The number of amides is 1. The first-order valence-electron chi connectivity index (χ1n) is 6.91. The van der Waals surface area contributed by atoms with Gasteiger partial charge in [0.25, 0.3) is 0 Å². The van der Waals surface area contributed by atoms with Gasteiger partial charge in [0.05, 0.1) is 17.3 Å². The lowest BCUT2D eigenvalue weighted by atomic mass is 9.92. The maximum Gasteiger partial charge on any atom is 0.238 e. The van der Waals surface area contributed by atoms with Crippen molar-refractivity contribution < 1.29 is 9.18 Å². The van der Waals surface area contributed by atoms with Crippen LogP contribution in [0.2, 0.25) is 5.02 Å². The molecule has 5 heteroatoms. The highest BCUT2D eigenvalue weighted by Gasteiger charge is 2.23. The number of carbonyl (C=O) groups is 1. The summed E-state index contributed by atoms with van der Waals surface area (Å²) in [6.07, 6.45) is 1.21. The van der Waals surface area contributed by atoms with E-state index in [1.165, 1.54) is 24.6 Å². The Balaban J connectivity index is 1.92. The number of likely N-dealkylation sites (tertiary alicyclic amines) is 1. The van der Waals surface area contributed by atoms with Gasteiger partial charge in [-0.3, -0.25) is 9.69 Å². The van der Waals surface area contributed by atoms with Crippen LogP contribution in [-0.2, 0) is 4.79 Å². The number of halogens is 2. The van der Waals surface area contributed by atoms with Gasteiger partial charge in [0.2, 0.25) is 5.91 Å². The molecular formula is C15H20ClFN2O. The van der Waals surface area contributed by atoms with Crippen LogP contribution in [0.15, 0.2) is 18.2 Å². The number of piperidine rings is 1. The second-order valence-corrected chi connectivity index (χ2v) is 6.22. The number of hydrogen-bond donors (Lipinski definition) is 1. The number of nitrogens with zero attached hydrogens (tertiary/aromatic N) is 1. The maximum absolute atomic E-state index is 12.9. The van der Waals surface area contributed by atoms with E-state index in [0.717, 1.165) is 13.1 Å². The molecule has 1 amide bonds. The predicted molar refractivity (Wildman–Crippen MR) is 79.4 cm³/mol. The molecular weight excluding hydrogens is 279 g/mol. The molecule has 0 radical (unpaired) electrons. The summed E-state index contributed by atoms with van der Waals surface area (Å²) in [4.78, 5) is 14.2. The molecule has 110 valence electrons. The molecule has 0 saturated carbocycles. The first-order valence-corrected chi connectivity index (χ1v) is 7.29. The Morgan fingerprint density at radius 2 is 2.05 bits per heavy atom. The van der Waals surface area contributed by atoms with E-state index >= 15 is 0 Å². The fraction of sp³-hybridized carbons (Fsp3) is 0.533. The molecule has 0 bridgehead atoms. The molecule has 0 unspecified atom stereocenters. The van der Waals surface area contributed by atoms with Crippen LogP contribution in [0, 0.1) is 17.7 Å². The SMILES string of the molecule is C[C@@H]1C[C@@H](C)CN(CC(=O)Nc2ccc(F)cc2Cl)C1. The minimum atomic E-state index is -0.410. The normalized spacial score (nSPS) is 23.6. The van der Waals surface area contributed by atoms with E-state index in [9.17, 15) is 9.18 Å². The Labute approximate surface area is 124 Å². The Bertz CT molecular complexity index is 485. The van der Waals surface area contributed by atoms with E-state index in [-0.39, 0.29) is 10.9 Å². The van der Waals surface area contributed by atoms with Crippen molar-refractivity contribution in [2.45, 2.75) is 20.3 Å². The van der Waals surface area contributed by atoms with Gasteiger partial charge >= 0.3 is 0 Å².